The van der Waals surface area contributed by atoms with E-state index in [0.717, 1.165) is 0 Å². The van der Waals surface area contributed by atoms with E-state index < -0.39 is 30.4 Å². The van der Waals surface area contributed by atoms with E-state index >= 15 is 0 Å². The van der Waals surface area contributed by atoms with Gasteiger partial charge in [0.1, 0.15) is 18.3 Å². The van der Waals surface area contributed by atoms with Crippen molar-refractivity contribution in [3.05, 3.63) is 12.2 Å². The maximum Gasteiger partial charge on any atom is 0.335 e. The molecule has 0 fully saturated rings. The van der Waals surface area contributed by atoms with Gasteiger partial charge in [-0.15, -0.1) is 0 Å². The smallest absolute Gasteiger partial charge is 0.335 e. The first kappa shape index (κ1) is 14.2. The van der Waals surface area contributed by atoms with Gasteiger partial charge in [-0.3, -0.25) is 0 Å². The third kappa shape index (κ3) is 4.11. The number of ether oxygens (including phenoxy) is 1. The van der Waals surface area contributed by atoms with Gasteiger partial charge in [0.2, 0.25) is 0 Å². The molecule has 4 atom stereocenters. The van der Waals surface area contributed by atoms with Crippen LogP contribution in [-0.2, 0) is 9.53 Å². The molecule has 5 nitrogen and oxygen atoms in total. The number of hydrogen-bond donors (Lipinski definition) is 3. The quantitative estimate of drug-likeness (QED) is 0.475. The number of rotatable bonds is 2. The number of aliphatic hydroxyl groups is 3. The number of cyclic esters (lactones) is 1. The highest BCUT2D eigenvalue weighted by atomic mass is 16.6. The molecule has 1 aliphatic rings. The second-order valence-corrected chi connectivity index (χ2v) is 4.27. The van der Waals surface area contributed by atoms with Crippen LogP contribution >= 0.6 is 0 Å². The van der Waals surface area contributed by atoms with Crippen LogP contribution in [0.1, 0.15) is 32.6 Å². The molecule has 5 heteroatoms. The van der Waals surface area contributed by atoms with Crippen LogP contribution in [0.15, 0.2) is 12.2 Å². The molecule has 1 heterocycles. The molecule has 98 valence electrons. The second kappa shape index (κ2) is 6.74. The Kier molecular flexibility index (Phi) is 5.61. The fourth-order valence-corrected chi connectivity index (χ4v) is 1.75. The summed E-state index contributed by atoms with van der Waals surface area (Å²) in [7, 11) is 0. The maximum atomic E-state index is 11.5. The minimum atomic E-state index is -1.17. The number of hydrogen-bond acceptors (Lipinski definition) is 5. The van der Waals surface area contributed by atoms with E-state index in [1.165, 1.54) is 6.08 Å². The molecule has 0 aromatic carbocycles. The van der Waals surface area contributed by atoms with Gasteiger partial charge in [0.25, 0.3) is 0 Å². The summed E-state index contributed by atoms with van der Waals surface area (Å²) >= 11 is 0. The molecule has 0 saturated heterocycles. The number of carbonyl (C=O) groups excluding carboxylic acids is 1. The van der Waals surface area contributed by atoms with Crippen molar-refractivity contribution in [1.82, 2.24) is 0 Å². The molecular weight excluding hydrogens is 224 g/mol. The normalized spacial score (nSPS) is 37.3. The fraction of sp³-hybridized carbons (Fsp3) is 0.750. The molecule has 0 aromatic heterocycles. The summed E-state index contributed by atoms with van der Waals surface area (Å²) in [6.45, 7) is 1.89. The summed E-state index contributed by atoms with van der Waals surface area (Å²) in [6.07, 6.45) is 0.857. The Balaban J connectivity index is 2.80. The van der Waals surface area contributed by atoms with E-state index in [1.54, 1.807) is 6.08 Å². The Morgan fingerprint density at radius 2 is 2.12 bits per heavy atom. The molecule has 1 rings (SSSR count). The van der Waals surface area contributed by atoms with Gasteiger partial charge in [-0.2, -0.15) is 0 Å². The van der Waals surface area contributed by atoms with Crippen LogP contribution in [0.25, 0.3) is 0 Å². The first-order valence-electron chi connectivity index (χ1n) is 5.97. The molecule has 17 heavy (non-hydrogen) atoms. The Labute approximate surface area is 101 Å². The number of allylic oxidation sites excluding steroid dienone is 1. The van der Waals surface area contributed by atoms with E-state index in [-0.39, 0.29) is 6.42 Å². The topological polar surface area (TPSA) is 87.0 Å². The van der Waals surface area contributed by atoms with Crippen LogP contribution in [0.5, 0.6) is 0 Å². The molecule has 0 unspecified atom stereocenters. The van der Waals surface area contributed by atoms with Gasteiger partial charge in [-0.05, 0) is 19.3 Å². The van der Waals surface area contributed by atoms with Crippen molar-refractivity contribution in [2.24, 2.45) is 0 Å². The van der Waals surface area contributed by atoms with Gasteiger partial charge >= 0.3 is 5.97 Å². The molecule has 0 amide bonds. The van der Waals surface area contributed by atoms with Crippen molar-refractivity contribution in [3.63, 3.8) is 0 Å². The Morgan fingerprint density at radius 1 is 1.41 bits per heavy atom. The highest BCUT2D eigenvalue weighted by molar-refractivity contribution is 5.74. The van der Waals surface area contributed by atoms with Crippen molar-refractivity contribution >= 4 is 5.97 Å². The summed E-state index contributed by atoms with van der Waals surface area (Å²) in [5.41, 5.74) is 0. The van der Waals surface area contributed by atoms with Gasteiger partial charge in [-0.25, -0.2) is 4.79 Å². The molecule has 0 aliphatic carbocycles. The maximum absolute atomic E-state index is 11.5. The van der Waals surface area contributed by atoms with Gasteiger partial charge in [-0.1, -0.05) is 25.5 Å². The minimum absolute atomic E-state index is 0.261. The lowest BCUT2D eigenvalue weighted by Crippen LogP contribution is -2.41. The molecule has 1 aliphatic heterocycles. The summed E-state index contributed by atoms with van der Waals surface area (Å²) in [6, 6.07) is 0. The number of esters is 1. The Morgan fingerprint density at radius 3 is 2.76 bits per heavy atom. The van der Waals surface area contributed by atoms with Gasteiger partial charge in [0.15, 0.2) is 6.10 Å². The summed E-state index contributed by atoms with van der Waals surface area (Å²) in [5.74, 6) is -0.731. The molecular formula is C12H20O5. The summed E-state index contributed by atoms with van der Waals surface area (Å²) in [5, 5.41) is 29.0. The molecule has 3 N–H and O–H groups in total. The summed E-state index contributed by atoms with van der Waals surface area (Å²) < 4.78 is 5.03. The molecule has 0 bridgehead atoms. The van der Waals surface area contributed by atoms with Crippen LogP contribution < -0.4 is 0 Å². The lowest BCUT2D eigenvalue weighted by Gasteiger charge is -2.27. The fourth-order valence-electron chi connectivity index (χ4n) is 1.75. The standard InChI is InChI=1S/C12H20O5/c1-2-5-10-11(15)8(13)6-3-4-7-9(14)12(16)17-10/h3,6,8-11,13-15H,2,4-5,7H2,1H3/b6-3-/t8-,9+,10-,11-/m1/s1. The van der Waals surface area contributed by atoms with E-state index in [1.807, 2.05) is 6.92 Å². The van der Waals surface area contributed by atoms with Crippen LogP contribution in [0.4, 0.5) is 0 Å². The first-order valence-corrected chi connectivity index (χ1v) is 5.97. The van der Waals surface area contributed by atoms with Crippen LogP contribution in [0.2, 0.25) is 0 Å². The average molecular weight is 244 g/mol. The molecule has 0 saturated carbocycles. The SMILES string of the molecule is CCC[C@H]1OC(=O)[C@@H](O)CC/C=C\[C@@H](O)[C@H]1O. The molecule has 0 spiro atoms. The predicted molar refractivity (Wildman–Crippen MR) is 61.2 cm³/mol. The van der Waals surface area contributed by atoms with Crippen LogP contribution in [-0.4, -0.2) is 45.7 Å². The van der Waals surface area contributed by atoms with E-state index in [0.29, 0.717) is 19.3 Å². The van der Waals surface area contributed by atoms with Crippen molar-refractivity contribution in [2.45, 2.75) is 57.0 Å². The largest absolute Gasteiger partial charge is 0.458 e. The molecule has 0 aromatic rings. The lowest BCUT2D eigenvalue weighted by atomic mass is 10.0. The van der Waals surface area contributed by atoms with Crippen molar-refractivity contribution < 1.29 is 24.9 Å². The average Bonchev–Trinajstić information content (AvgIpc) is 2.31. The minimum Gasteiger partial charge on any atom is -0.458 e. The van der Waals surface area contributed by atoms with Crippen LogP contribution in [0, 0.1) is 0 Å². The summed E-state index contributed by atoms with van der Waals surface area (Å²) in [4.78, 5) is 11.5. The van der Waals surface area contributed by atoms with Gasteiger partial charge < -0.3 is 20.1 Å². The zero-order chi connectivity index (χ0) is 12.8. The second-order valence-electron chi connectivity index (χ2n) is 4.27. The highest BCUT2D eigenvalue weighted by Gasteiger charge is 2.30. The van der Waals surface area contributed by atoms with E-state index in [9.17, 15) is 20.1 Å². The monoisotopic (exact) mass is 244 g/mol. The third-order valence-electron chi connectivity index (χ3n) is 2.78. The zero-order valence-electron chi connectivity index (χ0n) is 9.95. The third-order valence-corrected chi connectivity index (χ3v) is 2.78. The van der Waals surface area contributed by atoms with Gasteiger partial charge in [0.05, 0.1) is 0 Å². The predicted octanol–water partition coefficient (Wildman–Crippen LogP) is 0.131. The number of aliphatic hydroxyl groups excluding tert-OH is 3. The Hall–Kier alpha value is -0.910. The van der Waals surface area contributed by atoms with E-state index in [2.05, 4.69) is 0 Å². The Bertz CT molecular complexity index is 276. The van der Waals surface area contributed by atoms with Crippen LogP contribution in [0.3, 0.4) is 0 Å². The van der Waals surface area contributed by atoms with Crippen molar-refractivity contribution in [2.75, 3.05) is 0 Å². The van der Waals surface area contributed by atoms with Gasteiger partial charge in [0, 0.05) is 0 Å². The zero-order valence-corrected chi connectivity index (χ0v) is 9.95. The van der Waals surface area contributed by atoms with Crippen molar-refractivity contribution in [1.29, 1.82) is 0 Å². The van der Waals surface area contributed by atoms with Crippen molar-refractivity contribution in [3.8, 4) is 0 Å². The highest BCUT2D eigenvalue weighted by Crippen LogP contribution is 2.16. The van der Waals surface area contributed by atoms with E-state index in [4.69, 9.17) is 4.74 Å². The lowest BCUT2D eigenvalue weighted by molar-refractivity contribution is -0.169. The number of carbonyl (C=O) groups is 1. The molecule has 0 radical (unpaired) electrons. The first-order chi connectivity index (χ1) is 8.06.